The second kappa shape index (κ2) is 6.78. The van der Waals surface area contributed by atoms with Gasteiger partial charge in [0.15, 0.2) is 11.6 Å². The maximum Gasteiger partial charge on any atom is 0.163 e. The molecule has 1 atom stereocenters. The summed E-state index contributed by atoms with van der Waals surface area (Å²) >= 11 is 0. The second-order valence-corrected chi connectivity index (χ2v) is 4.81. The van der Waals surface area contributed by atoms with E-state index in [1.807, 2.05) is 6.08 Å². The van der Waals surface area contributed by atoms with Crippen molar-refractivity contribution in [1.29, 1.82) is 0 Å². The van der Waals surface area contributed by atoms with E-state index in [9.17, 15) is 8.78 Å². The molecular weight excluding hydrogens is 246 g/mol. The number of nitrogens with zero attached hydrogens (tertiary/aromatic N) is 1. The molecule has 1 aromatic carbocycles. The minimum absolute atomic E-state index is 0.0733. The molecule has 1 aromatic rings. The number of rotatable bonds is 5. The summed E-state index contributed by atoms with van der Waals surface area (Å²) in [6, 6.07) is 4.36. The molecule has 2 nitrogen and oxygen atoms in total. The van der Waals surface area contributed by atoms with E-state index >= 15 is 0 Å². The Morgan fingerprint density at radius 3 is 2.74 bits per heavy atom. The molecule has 1 aliphatic rings. The van der Waals surface area contributed by atoms with Crippen LogP contribution in [0.1, 0.15) is 24.4 Å². The van der Waals surface area contributed by atoms with Crippen LogP contribution in [0.3, 0.4) is 0 Å². The Balaban J connectivity index is 2.24. The molecule has 1 aliphatic heterocycles. The number of nitrogens with one attached hydrogen (secondary N) is 1. The lowest BCUT2D eigenvalue weighted by atomic mass is 9.98. The van der Waals surface area contributed by atoms with Crippen molar-refractivity contribution in [3.63, 3.8) is 0 Å². The largest absolute Gasteiger partial charge is 0.314 e. The molecule has 104 valence electrons. The molecule has 0 unspecified atom stereocenters. The maximum absolute atomic E-state index is 14.0. The summed E-state index contributed by atoms with van der Waals surface area (Å²) in [6.45, 7) is 7.21. The highest BCUT2D eigenvalue weighted by atomic mass is 19.2. The highest BCUT2D eigenvalue weighted by molar-refractivity contribution is 5.23. The highest BCUT2D eigenvalue weighted by Gasteiger charge is 2.25. The smallest absolute Gasteiger partial charge is 0.163 e. The number of allylic oxidation sites excluding steroid dienone is 1. The Morgan fingerprint density at radius 2 is 2.05 bits per heavy atom. The minimum atomic E-state index is -0.767. The first kappa shape index (κ1) is 14.2. The fourth-order valence-electron chi connectivity index (χ4n) is 2.58. The first-order valence-electron chi connectivity index (χ1n) is 6.73. The van der Waals surface area contributed by atoms with Gasteiger partial charge in [-0.15, -0.1) is 6.58 Å². The van der Waals surface area contributed by atoms with Crippen LogP contribution in [0.5, 0.6) is 0 Å². The molecule has 1 fully saturated rings. The third kappa shape index (κ3) is 3.39. The van der Waals surface area contributed by atoms with Gasteiger partial charge >= 0.3 is 0 Å². The summed E-state index contributed by atoms with van der Waals surface area (Å²) < 4.78 is 27.4. The highest BCUT2D eigenvalue weighted by Crippen LogP contribution is 2.29. The van der Waals surface area contributed by atoms with E-state index in [1.165, 1.54) is 6.07 Å². The van der Waals surface area contributed by atoms with Crippen LogP contribution >= 0.6 is 0 Å². The van der Waals surface area contributed by atoms with E-state index in [1.54, 1.807) is 12.1 Å². The van der Waals surface area contributed by atoms with E-state index in [0.717, 1.165) is 39.0 Å². The lowest BCUT2D eigenvalue weighted by Crippen LogP contribution is -2.45. The van der Waals surface area contributed by atoms with Crippen molar-refractivity contribution in [1.82, 2.24) is 10.2 Å². The van der Waals surface area contributed by atoms with Crippen molar-refractivity contribution in [3.8, 4) is 0 Å². The quantitative estimate of drug-likeness (QED) is 0.824. The monoisotopic (exact) mass is 266 g/mol. The zero-order chi connectivity index (χ0) is 13.7. The van der Waals surface area contributed by atoms with E-state index in [2.05, 4.69) is 16.8 Å². The van der Waals surface area contributed by atoms with Crippen molar-refractivity contribution in [2.24, 2.45) is 0 Å². The van der Waals surface area contributed by atoms with Crippen molar-refractivity contribution in [2.45, 2.75) is 18.9 Å². The van der Waals surface area contributed by atoms with Crippen LogP contribution in [0.2, 0.25) is 0 Å². The van der Waals surface area contributed by atoms with E-state index in [4.69, 9.17) is 0 Å². The van der Waals surface area contributed by atoms with Gasteiger partial charge in [-0.25, -0.2) is 8.78 Å². The Hall–Kier alpha value is -1.26. The van der Waals surface area contributed by atoms with Crippen molar-refractivity contribution in [3.05, 3.63) is 48.1 Å². The standard InChI is InChI=1S/C15H20F2N2/c1-2-3-7-14(19-10-8-18-9-11-19)12-5-4-6-13(16)15(12)17/h2,4-6,14,18H,1,3,7-11H2/t14-/m0/s1. The molecule has 0 aliphatic carbocycles. The molecule has 0 saturated carbocycles. The third-order valence-corrected chi connectivity index (χ3v) is 3.58. The molecule has 4 heteroatoms. The van der Waals surface area contributed by atoms with Crippen molar-refractivity contribution in [2.75, 3.05) is 26.2 Å². The predicted octanol–water partition coefficient (Wildman–Crippen LogP) is 2.88. The van der Waals surface area contributed by atoms with Crippen LogP contribution in [0.15, 0.2) is 30.9 Å². The topological polar surface area (TPSA) is 15.3 Å². The molecule has 0 bridgehead atoms. The van der Waals surface area contributed by atoms with Crippen LogP contribution in [0.4, 0.5) is 8.78 Å². The summed E-state index contributed by atoms with van der Waals surface area (Å²) in [5.74, 6) is -1.48. The SMILES string of the molecule is C=CCC[C@@H](c1cccc(F)c1F)N1CCNCC1. The van der Waals surface area contributed by atoms with Gasteiger partial charge in [-0.2, -0.15) is 0 Å². The number of halogens is 2. The van der Waals surface area contributed by atoms with E-state index < -0.39 is 11.6 Å². The summed E-state index contributed by atoms with van der Waals surface area (Å²) in [5.41, 5.74) is 0.462. The van der Waals surface area contributed by atoms with Gasteiger partial charge in [0.05, 0.1) is 0 Å². The van der Waals surface area contributed by atoms with Gasteiger partial charge in [-0.1, -0.05) is 18.2 Å². The Labute approximate surface area is 113 Å². The number of hydrogen-bond acceptors (Lipinski definition) is 2. The predicted molar refractivity (Wildman–Crippen MR) is 73.0 cm³/mol. The fourth-order valence-corrected chi connectivity index (χ4v) is 2.58. The molecular formula is C15H20F2N2. The normalized spacial score (nSPS) is 18.2. The van der Waals surface area contributed by atoms with E-state index in [-0.39, 0.29) is 6.04 Å². The average Bonchev–Trinajstić information content (AvgIpc) is 2.45. The molecule has 0 aromatic heterocycles. The van der Waals surface area contributed by atoms with Crippen LogP contribution in [-0.4, -0.2) is 31.1 Å². The summed E-state index contributed by atoms with van der Waals surface area (Å²) in [4.78, 5) is 2.22. The molecule has 1 saturated heterocycles. The first-order valence-corrected chi connectivity index (χ1v) is 6.73. The Kier molecular flexibility index (Phi) is 5.05. The first-order chi connectivity index (χ1) is 9.24. The van der Waals surface area contributed by atoms with Gasteiger partial charge in [0, 0.05) is 37.8 Å². The Morgan fingerprint density at radius 1 is 1.32 bits per heavy atom. The lowest BCUT2D eigenvalue weighted by molar-refractivity contribution is 0.162. The lowest BCUT2D eigenvalue weighted by Gasteiger charge is -2.35. The van der Waals surface area contributed by atoms with Gasteiger partial charge in [0.25, 0.3) is 0 Å². The molecule has 1 N–H and O–H groups in total. The van der Waals surface area contributed by atoms with Crippen LogP contribution in [0.25, 0.3) is 0 Å². The number of hydrogen-bond donors (Lipinski definition) is 1. The molecule has 0 radical (unpaired) electrons. The summed E-state index contributed by atoms with van der Waals surface area (Å²) in [5, 5.41) is 3.27. The zero-order valence-corrected chi connectivity index (χ0v) is 11.0. The minimum Gasteiger partial charge on any atom is -0.314 e. The maximum atomic E-state index is 14.0. The third-order valence-electron chi connectivity index (χ3n) is 3.58. The molecule has 0 amide bonds. The van der Waals surface area contributed by atoms with Gasteiger partial charge in [-0.05, 0) is 18.9 Å². The molecule has 1 heterocycles. The van der Waals surface area contributed by atoms with Gasteiger partial charge in [0.1, 0.15) is 0 Å². The van der Waals surface area contributed by atoms with E-state index in [0.29, 0.717) is 5.56 Å². The van der Waals surface area contributed by atoms with Gasteiger partial charge in [0.2, 0.25) is 0 Å². The second-order valence-electron chi connectivity index (χ2n) is 4.81. The van der Waals surface area contributed by atoms with Crippen LogP contribution < -0.4 is 5.32 Å². The van der Waals surface area contributed by atoms with Crippen LogP contribution in [-0.2, 0) is 0 Å². The number of benzene rings is 1. The zero-order valence-electron chi connectivity index (χ0n) is 11.0. The van der Waals surface area contributed by atoms with Gasteiger partial charge < -0.3 is 5.32 Å². The summed E-state index contributed by atoms with van der Waals surface area (Å²) in [7, 11) is 0. The molecule has 19 heavy (non-hydrogen) atoms. The van der Waals surface area contributed by atoms with Gasteiger partial charge in [-0.3, -0.25) is 4.90 Å². The Bertz CT molecular complexity index is 428. The summed E-state index contributed by atoms with van der Waals surface area (Å²) in [6.07, 6.45) is 3.39. The molecule has 2 rings (SSSR count). The molecule has 0 spiro atoms. The van der Waals surface area contributed by atoms with Crippen molar-refractivity contribution < 1.29 is 8.78 Å². The van der Waals surface area contributed by atoms with Crippen molar-refractivity contribution >= 4 is 0 Å². The number of piperazine rings is 1. The van der Waals surface area contributed by atoms with Crippen LogP contribution in [0, 0.1) is 11.6 Å². The fraction of sp³-hybridized carbons (Fsp3) is 0.467. The average molecular weight is 266 g/mol.